The lowest BCUT2D eigenvalue weighted by Gasteiger charge is -2.18. The van der Waals surface area contributed by atoms with Crippen molar-refractivity contribution in [1.82, 2.24) is 9.38 Å². The molecule has 4 aromatic rings. The molecule has 32 heavy (non-hydrogen) atoms. The minimum atomic E-state index is -0.575. The number of aromatic nitrogens is 2. The Labute approximate surface area is 185 Å². The number of carbonyl (C=O) groups excluding carboxylic acids is 4. The predicted octanol–water partition coefficient (Wildman–Crippen LogP) is 2.90. The van der Waals surface area contributed by atoms with Gasteiger partial charge in [-0.2, -0.15) is 0 Å². The Kier molecular flexibility index (Phi) is 4.87. The first-order valence-corrected chi connectivity index (χ1v) is 10.6. The maximum atomic E-state index is 12.8. The monoisotopic (exact) mass is 445 g/mol. The molecule has 0 unspecified atom stereocenters. The van der Waals surface area contributed by atoms with Crippen molar-refractivity contribution in [3.63, 3.8) is 0 Å². The number of rotatable bonds is 5. The van der Waals surface area contributed by atoms with Crippen molar-refractivity contribution in [3.05, 3.63) is 88.2 Å². The Bertz CT molecular complexity index is 1390. The van der Waals surface area contributed by atoms with E-state index in [1.807, 2.05) is 11.6 Å². The molecule has 0 radical (unpaired) electrons. The van der Waals surface area contributed by atoms with Crippen molar-refractivity contribution in [2.75, 3.05) is 11.9 Å². The van der Waals surface area contributed by atoms with E-state index in [9.17, 15) is 19.2 Å². The Morgan fingerprint density at radius 3 is 2.47 bits per heavy atom. The highest BCUT2D eigenvalue weighted by molar-refractivity contribution is 7.15. The molecule has 0 atom stereocenters. The standard InChI is InChI=1S/C23H15N3O5S/c27-19(12-31-20(28)10-14-11-26-7-8-32-23(26)25-14)24-13-5-6-17-18(9-13)22(30)16-4-2-1-3-15(16)21(17)29/h1-9,11H,10,12H2,(H,24,27). The second-order valence-electron chi connectivity index (χ2n) is 7.17. The summed E-state index contributed by atoms with van der Waals surface area (Å²) in [5, 5.41) is 4.48. The second-order valence-corrected chi connectivity index (χ2v) is 8.05. The van der Waals surface area contributed by atoms with Gasteiger partial charge in [0.2, 0.25) is 0 Å². The van der Waals surface area contributed by atoms with Crippen LogP contribution in [0.15, 0.2) is 60.2 Å². The van der Waals surface area contributed by atoms with Crippen molar-refractivity contribution >= 4 is 45.4 Å². The molecule has 0 saturated heterocycles. The normalized spacial score (nSPS) is 12.4. The van der Waals surface area contributed by atoms with Gasteiger partial charge >= 0.3 is 5.97 Å². The Hall–Kier alpha value is -4.11. The van der Waals surface area contributed by atoms with E-state index in [4.69, 9.17) is 4.74 Å². The summed E-state index contributed by atoms with van der Waals surface area (Å²) in [7, 11) is 0. The van der Waals surface area contributed by atoms with Crippen molar-refractivity contribution in [1.29, 1.82) is 0 Å². The van der Waals surface area contributed by atoms with Crippen LogP contribution in [0, 0.1) is 0 Å². The molecule has 0 bridgehead atoms. The summed E-state index contributed by atoms with van der Waals surface area (Å²) in [6.45, 7) is -0.478. The molecule has 158 valence electrons. The number of hydrogen-bond acceptors (Lipinski definition) is 7. The minimum Gasteiger partial charge on any atom is -0.455 e. The first-order chi connectivity index (χ1) is 15.5. The highest BCUT2D eigenvalue weighted by Gasteiger charge is 2.29. The van der Waals surface area contributed by atoms with E-state index in [2.05, 4.69) is 10.3 Å². The van der Waals surface area contributed by atoms with Crippen LogP contribution in [0.5, 0.6) is 0 Å². The number of benzene rings is 2. The molecule has 1 aliphatic rings. The smallest absolute Gasteiger partial charge is 0.312 e. The SMILES string of the molecule is O=C(COC(=O)Cc1cn2ccsc2n1)Nc1ccc2c(c1)C(=O)c1ccccc1C2=O. The first-order valence-electron chi connectivity index (χ1n) is 9.68. The van der Waals surface area contributed by atoms with Crippen LogP contribution in [0.1, 0.15) is 37.5 Å². The summed E-state index contributed by atoms with van der Waals surface area (Å²) >= 11 is 1.45. The average molecular weight is 445 g/mol. The van der Waals surface area contributed by atoms with Gasteiger partial charge in [0.05, 0.1) is 12.1 Å². The fourth-order valence-corrected chi connectivity index (χ4v) is 4.30. The van der Waals surface area contributed by atoms with Crippen LogP contribution in [0.3, 0.4) is 0 Å². The molecular weight excluding hydrogens is 430 g/mol. The summed E-state index contributed by atoms with van der Waals surface area (Å²) in [5.74, 6) is -1.65. The van der Waals surface area contributed by atoms with Crippen LogP contribution in [0.25, 0.3) is 4.96 Å². The fourth-order valence-electron chi connectivity index (χ4n) is 3.58. The predicted molar refractivity (Wildman–Crippen MR) is 116 cm³/mol. The van der Waals surface area contributed by atoms with Gasteiger partial charge in [0.15, 0.2) is 23.1 Å². The molecule has 0 saturated carbocycles. The van der Waals surface area contributed by atoms with Gasteiger partial charge in [0, 0.05) is 45.7 Å². The molecule has 8 nitrogen and oxygen atoms in total. The summed E-state index contributed by atoms with van der Waals surface area (Å²) in [6, 6.07) is 11.1. The van der Waals surface area contributed by atoms with Gasteiger partial charge in [0.25, 0.3) is 5.91 Å². The van der Waals surface area contributed by atoms with Gasteiger partial charge in [-0.1, -0.05) is 24.3 Å². The van der Waals surface area contributed by atoms with Crippen LogP contribution >= 0.6 is 11.3 Å². The molecule has 0 spiro atoms. The molecule has 1 N–H and O–H groups in total. The van der Waals surface area contributed by atoms with Crippen molar-refractivity contribution in [2.24, 2.45) is 0 Å². The maximum Gasteiger partial charge on any atom is 0.312 e. The lowest BCUT2D eigenvalue weighted by Crippen LogP contribution is -2.23. The van der Waals surface area contributed by atoms with E-state index >= 15 is 0 Å². The molecule has 9 heteroatoms. The molecule has 2 aromatic heterocycles. The number of amides is 1. The zero-order valence-electron chi connectivity index (χ0n) is 16.5. The van der Waals surface area contributed by atoms with Crippen LogP contribution in [-0.4, -0.2) is 39.4 Å². The van der Waals surface area contributed by atoms with E-state index in [0.717, 1.165) is 4.96 Å². The summed E-state index contributed by atoms with van der Waals surface area (Å²) in [6.07, 6.45) is 3.53. The Morgan fingerprint density at radius 1 is 1.00 bits per heavy atom. The van der Waals surface area contributed by atoms with Crippen molar-refractivity contribution in [3.8, 4) is 0 Å². The molecule has 2 aromatic carbocycles. The second kappa shape index (κ2) is 7.86. The number of fused-ring (bicyclic) bond motifs is 3. The highest BCUT2D eigenvalue weighted by Crippen LogP contribution is 2.29. The third-order valence-electron chi connectivity index (χ3n) is 5.04. The number of nitrogens with one attached hydrogen (secondary N) is 1. The van der Waals surface area contributed by atoms with E-state index in [-0.39, 0.29) is 29.1 Å². The minimum absolute atomic E-state index is 0.0451. The number of ether oxygens (including phenoxy) is 1. The van der Waals surface area contributed by atoms with E-state index in [1.165, 1.54) is 29.5 Å². The maximum absolute atomic E-state index is 12.8. The number of ketones is 2. The number of nitrogens with zero attached hydrogens (tertiary/aromatic N) is 2. The van der Waals surface area contributed by atoms with Gasteiger partial charge in [-0.25, -0.2) is 4.98 Å². The molecule has 1 aliphatic carbocycles. The quantitative estimate of drug-likeness (QED) is 0.417. The van der Waals surface area contributed by atoms with Gasteiger partial charge in [-0.3, -0.25) is 23.6 Å². The van der Waals surface area contributed by atoms with Crippen molar-refractivity contribution < 1.29 is 23.9 Å². The van der Waals surface area contributed by atoms with Gasteiger partial charge < -0.3 is 10.1 Å². The largest absolute Gasteiger partial charge is 0.455 e. The number of anilines is 1. The van der Waals surface area contributed by atoms with E-state index in [0.29, 0.717) is 22.5 Å². The van der Waals surface area contributed by atoms with Crippen LogP contribution in [0.4, 0.5) is 5.69 Å². The number of carbonyl (C=O) groups is 4. The zero-order chi connectivity index (χ0) is 22.2. The average Bonchev–Trinajstić information content (AvgIpc) is 3.38. The lowest BCUT2D eigenvalue weighted by molar-refractivity contribution is -0.146. The number of thiazole rings is 1. The summed E-state index contributed by atoms with van der Waals surface area (Å²) in [5.41, 5.74) is 2.11. The Balaban J connectivity index is 1.22. The van der Waals surface area contributed by atoms with E-state index in [1.54, 1.807) is 34.9 Å². The van der Waals surface area contributed by atoms with Crippen LogP contribution in [-0.2, 0) is 20.7 Å². The third-order valence-corrected chi connectivity index (χ3v) is 5.81. The first kappa shape index (κ1) is 19.8. The molecule has 0 fully saturated rings. The fraction of sp³-hybridized carbons (Fsp3) is 0.0870. The Morgan fingerprint density at radius 2 is 1.72 bits per heavy atom. The summed E-state index contributed by atoms with van der Waals surface area (Å²) in [4.78, 5) is 54.8. The van der Waals surface area contributed by atoms with E-state index < -0.39 is 18.5 Å². The summed E-state index contributed by atoms with van der Waals surface area (Å²) < 4.78 is 6.84. The number of hydrogen-bond donors (Lipinski definition) is 1. The van der Waals surface area contributed by atoms with Crippen LogP contribution in [0.2, 0.25) is 0 Å². The zero-order valence-corrected chi connectivity index (χ0v) is 17.3. The molecule has 2 heterocycles. The van der Waals surface area contributed by atoms with Crippen LogP contribution < -0.4 is 5.32 Å². The van der Waals surface area contributed by atoms with Gasteiger partial charge in [-0.15, -0.1) is 11.3 Å². The van der Waals surface area contributed by atoms with Crippen molar-refractivity contribution in [2.45, 2.75) is 6.42 Å². The number of imidazole rings is 1. The highest BCUT2D eigenvalue weighted by atomic mass is 32.1. The molecular formula is C23H15N3O5S. The topological polar surface area (TPSA) is 107 Å². The number of esters is 1. The van der Waals surface area contributed by atoms with Gasteiger partial charge in [0.1, 0.15) is 0 Å². The molecule has 0 aliphatic heterocycles. The van der Waals surface area contributed by atoms with Gasteiger partial charge in [-0.05, 0) is 18.2 Å². The lowest BCUT2D eigenvalue weighted by atomic mass is 9.84. The molecule has 1 amide bonds. The third kappa shape index (κ3) is 3.58. The molecule has 5 rings (SSSR count).